The van der Waals surface area contributed by atoms with Gasteiger partial charge in [-0.3, -0.25) is 20.0 Å². The van der Waals surface area contributed by atoms with E-state index >= 15 is 0 Å². The molecule has 11 heteroatoms. The Morgan fingerprint density at radius 2 is 2.25 bits per heavy atom. The summed E-state index contributed by atoms with van der Waals surface area (Å²) in [5.74, 6) is -0.730. The largest absolute Gasteiger partial charge is 0.462 e. The van der Waals surface area contributed by atoms with Crippen molar-refractivity contribution in [2.75, 3.05) is 12.1 Å². The van der Waals surface area contributed by atoms with Crippen LogP contribution in [0.4, 0.5) is 5.82 Å². The number of aliphatic hydroxyl groups excluding tert-OH is 2. The van der Waals surface area contributed by atoms with Gasteiger partial charge >= 0.3 is 11.7 Å². The zero-order valence-corrected chi connectivity index (χ0v) is 12.9. The Kier molecular flexibility index (Phi) is 5.85. The van der Waals surface area contributed by atoms with Crippen LogP contribution in [0.15, 0.2) is 17.1 Å². The molecule has 5 atom stereocenters. The number of carbonyl (C=O) groups is 1. The van der Waals surface area contributed by atoms with Crippen molar-refractivity contribution in [1.29, 1.82) is 0 Å². The third-order valence-electron chi connectivity index (χ3n) is 3.69. The molecule has 0 aromatic carbocycles. The van der Waals surface area contributed by atoms with E-state index in [1.807, 2.05) is 0 Å². The first kappa shape index (κ1) is 18.3. The number of anilines is 1. The number of rotatable bonds is 6. The van der Waals surface area contributed by atoms with Gasteiger partial charge in [-0.25, -0.2) is 4.79 Å². The van der Waals surface area contributed by atoms with Crippen LogP contribution >= 0.6 is 0 Å². The van der Waals surface area contributed by atoms with Crippen molar-refractivity contribution in [2.24, 2.45) is 5.73 Å². The monoisotopic (exact) mass is 344 g/mol. The molecule has 1 aliphatic rings. The third-order valence-corrected chi connectivity index (χ3v) is 3.69. The lowest BCUT2D eigenvalue weighted by molar-refractivity contribution is -0.151. The number of aromatic nitrogens is 2. The molecule has 24 heavy (non-hydrogen) atoms. The van der Waals surface area contributed by atoms with Gasteiger partial charge in [0.05, 0.1) is 0 Å². The molecule has 1 aromatic rings. The SMILES string of the molecule is CC[C@H](N)C(=O)OC[C@H]1O[C@@H](n2ccc(NO)nc2=O)[C@H](O)[C@@H]1O. The van der Waals surface area contributed by atoms with Crippen molar-refractivity contribution in [1.82, 2.24) is 9.55 Å². The number of hydrogen-bond donors (Lipinski definition) is 5. The molecule has 2 rings (SSSR count). The van der Waals surface area contributed by atoms with Crippen molar-refractivity contribution >= 4 is 11.8 Å². The summed E-state index contributed by atoms with van der Waals surface area (Å²) in [6.45, 7) is 1.40. The molecule has 0 radical (unpaired) electrons. The second kappa shape index (κ2) is 7.68. The summed E-state index contributed by atoms with van der Waals surface area (Å²) < 4.78 is 11.3. The number of esters is 1. The van der Waals surface area contributed by atoms with Crippen molar-refractivity contribution in [3.63, 3.8) is 0 Å². The van der Waals surface area contributed by atoms with E-state index in [0.717, 1.165) is 4.57 Å². The van der Waals surface area contributed by atoms with Gasteiger partial charge in [0, 0.05) is 6.20 Å². The van der Waals surface area contributed by atoms with Crippen molar-refractivity contribution in [2.45, 2.75) is 43.9 Å². The quantitative estimate of drug-likeness (QED) is 0.286. The van der Waals surface area contributed by atoms with Crippen molar-refractivity contribution in [3.8, 4) is 0 Å². The minimum Gasteiger partial charge on any atom is -0.462 e. The summed E-state index contributed by atoms with van der Waals surface area (Å²) in [6, 6.07) is 0.493. The third kappa shape index (κ3) is 3.71. The first-order valence-electron chi connectivity index (χ1n) is 7.32. The van der Waals surface area contributed by atoms with Gasteiger partial charge in [-0.05, 0) is 12.5 Å². The fourth-order valence-electron chi connectivity index (χ4n) is 2.20. The predicted octanol–water partition coefficient (Wildman–Crippen LogP) is -2.06. The second-order valence-corrected chi connectivity index (χ2v) is 5.31. The average molecular weight is 344 g/mol. The maximum atomic E-state index is 11.9. The van der Waals surface area contributed by atoms with Crippen LogP contribution in [0.3, 0.4) is 0 Å². The minimum atomic E-state index is -1.43. The number of aliphatic hydroxyl groups is 2. The van der Waals surface area contributed by atoms with E-state index in [1.165, 1.54) is 12.3 Å². The van der Waals surface area contributed by atoms with E-state index in [2.05, 4.69) is 4.98 Å². The highest BCUT2D eigenvalue weighted by molar-refractivity contribution is 5.75. The van der Waals surface area contributed by atoms with Crippen LogP contribution in [0.5, 0.6) is 0 Å². The van der Waals surface area contributed by atoms with Crippen LogP contribution in [-0.4, -0.2) is 61.9 Å². The van der Waals surface area contributed by atoms with E-state index in [1.54, 1.807) is 12.4 Å². The summed E-state index contributed by atoms with van der Waals surface area (Å²) in [6.07, 6.45) is -3.42. The molecular formula is C13H20N4O7. The van der Waals surface area contributed by atoms with Crippen molar-refractivity contribution in [3.05, 3.63) is 22.7 Å². The van der Waals surface area contributed by atoms with E-state index < -0.39 is 42.2 Å². The number of ether oxygens (including phenoxy) is 2. The summed E-state index contributed by atoms with van der Waals surface area (Å²) in [5.41, 5.74) is 6.43. The number of carbonyl (C=O) groups excluding carboxylic acids is 1. The van der Waals surface area contributed by atoms with Crippen LogP contribution in [0.1, 0.15) is 19.6 Å². The molecule has 1 fully saturated rings. The zero-order chi connectivity index (χ0) is 17.9. The Balaban J connectivity index is 2.07. The summed E-state index contributed by atoms with van der Waals surface area (Å²) in [4.78, 5) is 26.9. The molecule has 1 aromatic heterocycles. The molecule has 0 amide bonds. The first-order valence-corrected chi connectivity index (χ1v) is 7.32. The van der Waals surface area contributed by atoms with Gasteiger partial charge in [0.2, 0.25) is 0 Å². The molecule has 0 bridgehead atoms. The second-order valence-electron chi connectivity index (χ2n) is 5.31. The maximum Gasteiger partial charge on any atom is 0.351 e. The molecule has 2 heterocycles. The number of hydrogen-bond acceptors (Lipinski definition) is 10. The van der Waals surface area contributed by atoms with Crippen LogP contribution in [0.25, 0.3) is 0 Å². The molecule has 11 nitrogen and oxygen atoms in total. The van der Waals surface area contributed by atoms with Gasteiger partial charge in [0.1, 0.15) is 31.0 Å². The number of nitrogens with zero attached hydrogens (tertiary/aromatic N) is 2. The zero-order valence-electron chi connectivity index (χ0n) is 12.9. The lowest BCUT2D eigenvalue weighted by atomic mass is 10.1. The lowest BCUT2D eigenvalue weighted by Crippen LogP contribution is -2.38. The van der Waals surface area contributed by atoms with E-state index in [9.17, 15) is 19.8 Å². The first-order chi connectivity index (χ1) is 11.4. The Hall–Kier alpha value is -2.05. The highest BCUT2D eigenvalue weighted by Gasteiger charge is 2.44. The van der Waals surface area contributed by atoms with E-state index in [4.69, 9.17) is 20.4 Å². The normalized spacial score (nSPS) is 27.7. The molecule has 1 saturated heterocycles. The smallest absolute Gasteiger partial charge is 0.351 e. The molecule has 1 aliphatic heterocycles. The van der Waals surface area contributed by atoms with Crippen LogP contribution in [0, 0.1) is 0 Å². The van der Waals surface area contributed by atoms with E-state index in [0.29, 0.717) is 6.42 Å². The highest BCUT2D eigenvalue weighted by atomic mass is 16.6. The standard InChI is InChI=1S/C13H20N4O7/c1-2-6(14)12(20)23-5-7-9(18)10(19)11(24-7)17-4-3-8(16-22)15-13(17)21/h3-4,6-7,9-11,18-19,22H,2,5,14H2,1H3,(H,15,16,21)/t6-,7+,9+,10+,11+/m0/s1. The van der Waals surface area contributed by atoms with Crippen LogP contribution < -0.4 is 16.9 Å². The van der Waals surface area contributed by atoms with Crippen LogP contribution in [0.2, 0.25) is 0 Å². The van der Waals surface area contributed by atoms with Gasteiger partial charge in [0.15, 0.2) is 12.0 Å². The summed E-state index contributed by atoms with van der Waals surface area (Å²) in [5, 5.41) is 28.8. The fraction of sp³-hybridized carbons (Fsp3) is 0.615. The lowest BCUT2D eigenvalue weighted by Gasteiger charge is -2.17. The molecule has 0 unspecified atom stereocenters. The molecule has 6 N–H and O–H groups in total. The minimum absolute atomic E-state index is 0.0803. The van der Waals surface area contributed by atoms with E-state index in [-0.39, 0.29) is 12.4 Å². The number of nitrogens with two attached hydrogens (primary N) is 1. The van der Waals surface area contributed by atoms with Gasteiger partial charge in [-0.15, -0.1) is 0 Å². The summed E-state index contributed by atoms with van der Waals surface area (Å²) >= 11 is 0. The molecular weight excluding hydrogens is 324 g/mol. The van der Waals surface area contributed by atoms with Gasteiger partial charge in [-0.2, -0.15) is 4.98 Å². The Morgan fingerprint density at radius 3 is 2.83 bits per heavy atom. The Morgan fingerprint density at radius 1 is 1.54 bits per heavy atom. The molecule has 0 aliphatic carbocycles. The molecule has 0 spiro atoms. The summed E-state index contributed by atoms with van der Waals surface area (Å²) in [7, 11) is 0. The maximum absolute atomic E-state index is 11.9. The average Bonchev–Trinajstić information content (AvgIpc) is 2.86. The topological polar surface area (TPSA) is 169 Å². The highest BCUT2D eigenvalue weighted by Crippen LogP contribution is 2.28. The number of nitrogens with one attached hydrogen (secondary N) is 1. The van der Waals surface area contributed by atoms with Gasteiger partial charge < -0.3 is 25.4 Å². The van der Waals surface area contributed by atoms with Crippen molar-refractivity contribution < 1.29 is 29.7 Å². The molecule has 134 valence electrons. The Labute approximate surface area is 136 Å². The predicted molar refractivity (Wildman–Crippen MR) is 79.1 cm³/mol. The van der Waals surface area contributed by atoms with Gasteiger partial charge in [-0.1, -0.05) is 6.92 Å². The fourth-order valence-corrected chi connectivity index (χ4v) is 2.20. The Bertz CT molecular complexity index is 637. The van der Waals surface area contributed by atoms with Gasteiger partial charge in [0.25, 0.3) is 0 Å². The molecule has 0 saturated carbocycles. The van der Waals surface area contributed by atoms with Crippen LogP contribution in [-0.2, 0) is 14.3 Å².